The third-order valence-electron chi connectivity index (χ3n) is 7.04. The van der Waals surface area contributed by atoms with Crippen LogP contribution in [-0.4, -0.2) is 4.98 Å². The van der Waals surface area contributed by atoms with Gasteiger partial charge in [0.05, 0.1) is 0 Å². The summed E-state index contributed by atoms with van der Waals surface area (Å²) < 4.78 is 21.2. The van der Waals surface area contributed by atoms with Crippen LogP contribution >= 0.6 is 0 Å². The maximum atomic E-state index is 14.7. The van der Waals surface area contributed by atoms with Gasteiger partial charge in [-0.05, 0) is 95.7 Å². The molecule has 3 heteroatoms. The molecule has 2 aromatic carbocycles. The SMILES string of the molecule is CCc1ccc(-c2cc(F)cc(C3CCC4=C(C3)OC(c3ccccn3)=CCC4C)c2)cc1. The number of aromatic nitrogens is 1. The summed E-state index contributed by atoms with van der Waals surface area (Å²) >= 11 is 0. The van der Waals surface area contributed by atoms with Gasteiger partial charge >= 0.3 is 0 Å². The Balaban J connectivity index is 1.43. The van der Waals surface area contributed by atoms with Crippen LogP contribution in [0.2, 0.25) is 0 Å². The molecule has 3 aromatic rings. The fourth-order valence-electron chi connectivity index (χ4n) is 5.05. The number of hydrogen-bond donors (Lipinski definition) is 0. The number of benzene rings is 2. The van der Waals surface area contributed by atoms with Crippen molar-refractivity contribution in [3.8, 4) is 11.1 Å². The van der Waals surface area contributed by atoms with Crippen molar-refractivity contribution in [1.29, 1.82) is 0 Å². The second-order valence-electron chi connectivity index (χ2n) is 9.23. The monoisotopic (exact) mass is 439 g/mol. The topological polar surface area (TPSA) is 22.1 Å². The zero-order valence-corrected chi connectivity index (χ0v) is 19.4. The van der Waals surface area contributed by atoms with E-state index in [2.05, 4.69) is 55.2 Å². The highest BCUT2D eigenvalue weighted by molar-refractivity contribution is 5.65. The molecule has 0 fully saturated rings. The smallest absolute Gasteiger partial charge is 0.148 e. The molecule has 5 rings (SSSR count). The van der Waals surface area contributed by atoms with E-state index in [0.717, 1.165) is 66.0 Å². The lowest BCUT2D eigenvalue weighted by Gasteiger charge is -2.29. The quantitative estimate of drug-likeness (QED) is 0.410. The van der Waals surface area contributed by atoms with E-state index in [1.807, 2.05) is 18.2 Å². The minimum atomic E-state index is -0.175. The zero-order chi connectivity index (χ0) is 22.8. The molecule has 2 atom stereocenters. The summed E-state index contributed by atoms with van der Waals surface area (Å²) in [7, 11) is 0. The first kappa shape index (κ1) is 21.6. The minimum absolute atomic E-state index is 0.175. The van der Waals surface area contributed by atoms with Crippen molar-refractivity contribution in [1.82, 2.24) is 4.98 Å². The van der Waals surface area contributed by atoms with Crippen LogP contribution in [0.1, 0.15) is 62.3 Å². The molecule has 0 amide bonds. The summed E-state index contributed by atoms with van der Waals surface area (Å²) in [5.74, 6) is 2.40. The zero-order valence-electron chi connectivity index (χ0n) is 19.4. The Bertz CT molecular complexity index is 1190. The van der Waals surface area contributed by atoms with Gasteiger partial charge in [0.25, 0.3) is 0 Å². The third kappa shape index (κ3) is 4.64. The Kier molecular flexibility index (Phi) is 6.13. The van der Waals surface area contributed by atoms with E-state index in [-0.39, 0.29) is 11.7 Å². The Labute approximate surface area is 195 Å². The van der Waals surface area contributed by atoms with Gasteiger partial charge in [0, 0.05) is 12.6 Å². The molecule has 2 nitrogen and oxygen atoms in total. The van der Waals surface area contributed by atoms with Gasteiger partial charge < -0.3 is 4.74 Å². The normalized spacial score (nSPS) is 20.5. The molecule has 1 aromatic heterocycles. The standard InChI is InChI=1S/C30H30FNO/c1-3-21-8-10-22(11-9-21)24-16-25(18-26(31)17-24)23-12-13-27-20(2)7-14-29(33-30(27)19-23)28-6-4-5-15-32-28/h4-6,8-11,14-18,20,23H,3,7,12-13,19H2,1-2H3. The van der Waals surface area contributed by atoms with Crippen LogP contribution < -0.4 is 0 Å². The summed E-state index contributed by atoms with van der Waals surface area (Å²) in [5.41, 5.74) is 6.61. The summed E-state index contributed by atoms with van der Waals surface area (Å²) in [6.07, 6.45) is 8.72. The fourth-order valence-corrected chi connectivity index (χ4v) is 5.05. The van der Waals surface area contributed by atoms with Crippen molar-refractivity contribution in [2.24, 2.45) is 5.92 Å². The van der Waals surface area contributed by atoms with Crippen molar-refractivity contribution < 1.29 is 9.13 Å². The third-order valence-corrected chi connectivity index (χ3v) is 7.04. The molecule has 2 aliphatic rings. The van der Waals surface area contributed by atoms with Crippen LogP contribution in [0.25, 0.3) is 16.9 Å². The fraction of sp³-hybridized carbons (Fsp3) is 0.300. The molecule has 0 radical (unpaired) electrons. The van der Waals surface area contributed by atoms with E-state index in [0.29, 0.717) is 5.92 Å². The number of halogens is 1. The maximum Gasteiger partial charge on any atom is 0.148 e. The van der Waals surface area contributed by atoms with Crippen LogP contribution in [0, 0.1) is 11.7 Å². The average molecular weight is 440 g/mol. The first-order valence-corrected chi connectivity index (χ1v) is 12.0. The van der Waals surface area contributed by atoms with Crippen molar-refractivity contribution in [3.63, 3.8) is 0 Å². The van der Waals surface area contributed by atoms with Crippen molar-refractivity contribution in [2.45, 2.75) is 51.9 Å². The summed E-state index contributed by atoms with van der Waals surface area (Å²) in [6.45, 7) is 4.42. The molecule has 0 saturated carbocycles. The minimum Gasteiger partial charge on any atom is -0.460 e. The molecule has 0 N–H and O–H groups in total. The lowest BCUT2D eigenvalue weighted by atomic mass is 9.79. The molecule has 0 saturated heterocycles. The van der Waals surface area contributed by atoms with Crippen molar-refractivity contribution >= 4 is 5.76 Å². The summed E-state index contributed by atoms with van der Waals surface area (Å²) in [4.78, 5) is 4.49. The highest BCUT2D eigenvalue weighted by Crippen LogP contribution is 2.44. The van der Waals surface area contributed by atoms with Gasteiger partial charge in [0.15, 0.2) is 0 Å². The van der Waals surface area contributed by atoms with Gasteiger partial charge in [-0.1, -0.05) is 50.2 Å². The number of nitrogens with zero attached hydrogens (tertiary/aromatic N) is 1. The highest BCUT2D eigenvalue weighted by atomic mass is 19.1. The average Bonchev–Trinajstić information content (AvgIpc) is 3.02. The van der Waals surface area contributed by atoms with Gasteiger partial charge in [-0.25, -0.2) is 4.39 Å². The Hall–Kier alpha value is -3.20. The first-order valence-electron chi connectivity index (χ1n) is 12.0. The van der Waals surface area contributed by atoms with E-state index in [9.17, 15) is 4.39 Å². The van der Waals surface area contributed by atoms with E-state index in [1.54, 1.807) is 18.3 Å². The molecule has 0 spiro atoms. The lowest BCUT2D eigenvalue weighted by molar-refractivity contribution is 0.319. The van der Waals surface area contributed by atoms with Crippen LogP contribution in [0.5, 0.6) is 0 Å². The van der Waals surface area contributed by atoms with Crippen molar-refractivity contribution in [2.75, 3.05) is 0 Å². The summed E-state index contributed by atoms with van der Waals surface area (Å²) in [6, 6.07) is 19.9. The number of ether oxygens (including phenoxy) is 1. The molecular formula is C30H30FNO. The van der Waals surface area contributed by atoms with Gasteiger partial charge in [-0.3, -0.25) is 4.98 Å². The maximum absolute atomic E-state index is 14.7. The number of rotatable bonds is 4. The van der Waals surface area contributed by atoms with Gasteiger partial charge in [-0.15, -0.1) is 0 Å². The molecular weight excluding hydrogens is 409 g/mol. The van der Waals surface area contributed by atoms with Gasteiger partial charge in [0.1, 0.15) is 23.0 Å². The van der Waals surface area contributed by atoms with E-state index in [1.165, 1.54) is 11.1 Å². The molecule has 1 aliphatic heterocycles. The van der Waals surface area contributed by atoms with Crippen LogP contribution in [0.3, 0.4) is 0 Å². The molecule has 2 heterocycles. The number of hydrogen-bond acceptors (Lipinski definition) is 2. The second kappa shape index (κ2) is 9.35. The molecule has 2 unspecified atom stereocenters. The Morgan fingerprint density at radius 1 is 1.03 bits per heavy atom. The lowest BCUT2D eigenvalue weighted by Crippen LogP contribution is -2.14. The number of pyridine rings is 1. The Morgan fingerprint density at radius 3 is 2.64 bits per heavy atom. The molecule has 33 heavy (non-hydrogen) atoms. The van der Waals surface area contributed by atoms with E-state index < -0.39 is 0 Å². The highest BCUT2D eigenvalue weighted by Gasteiger charge is 2.29. The van der Waals surface area contributed by atoms with Gasteiger partial charge in [-0.2, -0.15) is 0 Å². The summed E-state index contributed by atoms with van der Waals surface area (Å²) in [5, 5.41) is 0. The van der Waals surface area contributed by atoms with E-state index in [4.69, 9.17) is 4.74 Å². The predicted molar refractivity (Wildman–Crippen MR) is 132 cm³/mol. The van der Waals surface area contributed by atoms with Crippen LogP contribution in [0.15, 0.2) is 84.3 Å². The van der Waals surface area contributed by atoms with Gasteiger partial charge in [0.2, 0.25) is 0 Å². The second-order valence-corrected chi connectivity index (χ2v) is 9.23. The largest absolute Gasteiger partial charge is 0.460 e. The molecule has 168 valence electrons. The predicted octanol–water partition coefficient (Wildman–Crippen LogP) is 8.07. The Morgan fingerprint density at radius 2 is 1.88 bits per heavy atom. The molecule has 0 bridgehead atoms. The van der Waals surface area contributed by atoms with Crippen LogP contribution in [-0.2, 0) is 11.2 Å². The van der Waals surface area contributed by atoms with Crippen LogP contribution in [0.4, 0.5) is 4.39 Å². The first-order chi connectivity index (χ1) is 16.1. The number of aryl methyl sites for hydroxylation is 1. The number of allylic oxidation sites excluding steroid dienone is 3. The van der Waals surface area contributed by atoms with Crippen molar-refractivity contribution in [3.05, 3.63) is 107 Å². The molecule has 1 aliphatic carbocycles. The van der Waals surface area contributed by atoms with E-state index >= 15 is 0 Å².